The molecule has 0 radical (unpaired) electrons. The highest BCUT2D eigenvalue weighted by atomic mass is 32.1. The number of nitrogens with one attached hydrogen (secondary N) is 1. The van der Waals surface area contributed by atoms with Gasteiger partial charge < -0.3 is 10.1 Å². The van der Waals surface area contributed by atoms with Crippen molar-refractivity contribution in [2.45, 2.75) is 6.54 Å². The summed E-state index contributed by atoms with van der Waals surface area (Å²) in [5, 5.41) is 12.0. The van der Waals surface area contributed by atoms with Crippen LogP contribution in [0.1, 0.15) is 5.56 Å². The number of anilines is 1. The van der Waals surface area contributed by atoms with Crippen LogP contribution in [0.5, 0.6) is 5.75 Å². The molecule has 5 heteroatoms. The van der Waals surface area contributed by atoms with Crippen molar-refractivity contribution in [1.29, 1.82) is 5.26 Å². The molecule has 1 N–H and O–H groups in total. The summed E-state index contributed by atoms with van der Waals surface area (Å²) < 4.78 is 6.58. The standard InChI is InChI=1S/C16H13N3OS/c17-7-8-20-15-4-2-1-3-12(15)10-18-13-5-6-14-16(9-13)21-11-19-14/h1-6,9,11,18H,8,10H2. The van der Waals surface area contributed by atoms with Crippen LogP contribution in [0.25, 0.3) is 10.2 Å². The van der Waals surface area contributed by atoms with Gasteiger partial charge in [0.15, 0.2) is 6.61 Å². The van der Waals surface area contributed by atoms with Crippen LogP contribution in [-0.2, 0) is 6.54 Å². The first-order valence-corrected chi connectivity index (χ1v) is 7.39. The van der Waals surface area contributed by atoms with E-state index in [1.54, 1.807) is 11.3 Å². The number of thiazole rings is 1. The summed E-state index contributed by atoms with van der Waals surface area (Å²) in [6.07, 6.45) is 0. The molecule has 0 fully saturated rings. The number of nitriles is 1. The zero-order valence-electron chi connectivity index (χ0n) is 11.2. The summed E-state index contributed by atoms with van der Waals surface area (Å²) >= 11 is 1.63. The van der Waals surface area contributed by atoms with E-state index >= 15 is 0 Å². The average Bonchev–Trinajstić information content (AvgIpc) is 2.99. The molecule has 0 bridgehead atoms. The summed E-state index contributed by atoms with van der Waals surface area (Å²) in [5.74, 6) is 0.741. The van der Waals surface area contributed by atoms with E-state index in [0.717, 1.165) is 27.2 Å². The molecular formula is C16H13N3OS. The van der Waals surface area contributed by atoms with Gasteiger partial charge in [0.25, 0.3) is 0 Å². The van der Waals surface area contributed by atoms with E-state index < -0.39 is 0 Å². The number of hydrogen-bond acceptors (Lipinski definition) is 5. The fourth-order valence-corrected chi connectivity index (χ4v) is 2.78. The predicted molar refractivity (Wildman–Crippen MR) is 84.5 cm³/mol. The maximum atomic E-state index is 8.61. The normalized spacial score (nSPS) is 10.2. The maximum absolute atomic E-state index is 8.61. The molecule has 104 valence electrons. The molecule has 0 saturated heterocycles. The second-order valence-electron chi connectivity index (χ2n) is 4.44. The molecule has 1 aromatic heterocycles. The molecule has 2 aromatic carbocycles. The SMILES string of the molecule is N#CCOc1ccccc1CNc1ccc2ncsc2c1. The Morgan fingerprint density at radius 1 is 1.24 bits per heavy atom. The van der Waals surface area contributed by atoms with Crippen LogP contribution >= 0.6 is 11.3 Å². The fourth-order valence-electron chi connectivity index (χ4n) is 2.06. The highest BCUT2D eigenvalue weighted by Crippen LogP contribution is 2.23. The average molecular weight is 295 g/mol. The lowest BCUT2D eigenvalue weighted by molar-refractivity contribution is 0.364. The lowest BCUT2D eigenvalue weighted by Crippen LogP contribution is -2.03. The summed E-state index contributed by atoms with van der Waals surface area (Å²) in [6.45, 7) is 0.704. The van der Waals surface area contributed by atoms with E-state index in [9.17, 15) is 0 Å². The van der Waals surface area contributed by atoms with Gasteiger partial charge >= 0.3 is 0 Å². The van der Waals surface area contributed by atoms with E-state index in [4.69, 9.17) is 10.00 Å². The monoisotopic (exact) mass is 295 g/mol. The van der Waals surface area contributed by atoms with E-state index in [2.05, 4.69) is 16.4 Å². The van der Waals surface area contributed by atoms with Crippen molar-refractivity contribution in [2.75, 3.05) is 11.9 Å². The number of rotatable bonds is 5. The quantitative estimate of drug-likeness (QED) is 0.777. The molecule has 0 aliphatic carbocycles. The first kappa shape index (κ1) is 13.4. The Morgan fingerprint density at radius 2 is 2.14 bits per heavy atom. The third kappa shape index (κ3) is 3.12. The number of nitrogens with zero attached hydrogens (tertiary/aromatic N) is 2. The van der Waals surface area contributed by atoms with Crippen LogP contribution in [-0.4, -0.2) is 11.6 Å². The largest absolute Gasteiger partial charge is 0.478 e. The van der Waals surface area contributed by atoms with Crippen LogP contribution in [0.2, 0.25) is 0 Å². The Balaban J connectivity index is 1.73. The Kier molecular flexibility index (Phi) is 3.99. The predicted octanol–water partition coefficient (Wildman–Crippen LogP) is 3.81. The smallest absolute Gasteiger partial charge is 0.174 e. The summed E-state index contributed by atoms with van der Waals surface area (Å²) in [6, 6.07) is 15.8. The van der Waals surface area contributed by atoms with Gasteiger partial charge in [0.05, 0.1) is 15.7 Å². The second kappa shape index (κ2) is 6.25. The molecular weight excluding hydrogens is 282 g/mol. The molecule has 0 atom stereocenters. The van der Waals surface area contributed by atoms with Gasteiger partial charge in [-0.3, -0.25) is 0 Å². The van der Waals surface area contributed by atoms with Crippen molar-refractivity contribution < 1.29 is 4.74 Å². The first-order valence-electron chi connectivity index (χ1n) is 6.51. The highest BCUT2D eigenvalue weighted by molar-refractivity contribution is 7.16. The van der Waals surface area contributed by atoms with Crippen molar-refractivity contribution in [3.63, 3.8) is 0 Å². The molecule has 0 saturated carbocycles. The lowest BCUT2D eigenvalue weighted by Gasteiger charge is -2.11. The molecule has 0 aliphatic rings. The Morgan fingerprint density at radius 3 is 3.05 bits per heavy atom. The summed E-state index contributed by atoms with van der Waals surface area (Å²) in [5.41, 5.74) is 4.93. The van der Waals surface area contributed by atoms with Gasteiger partial charge in [0.1, 0.15) is 11.8 Å². The van der Waals surface area contributed by atoms with Crippen molar-refractivity contribution in [3.8, 4) is 11.8 Å². The van der Waals surface area contributed by atoms with Gasteiger partial charge in [-0.25, -0.2) is 4.98 Å². The Hall–Kier alpha value is -2.58. The second-order valence-corrected chi connectivity index (χ2v) is 5.33. The Bertz CT molecular complexity index is 791. The number of aromatic nitrogens is 1. The van der Waals surface area contributed by atoms with Crippen molar-refractivity contribution in [1.82, 2.24) is 4.98 Å². The lowest BCUT2D eigenvalue weighted by atomic mass is 10.2. The zero-order valence-corrected chi connectivity index (χ0v) is 12.1. The number of ether oxygens (including phenoxy) is 1. The number of hydrogen-bond donors (Lipinski definition) is 1. The van der Waals surface area contributed by atoms with Crippen LogP contribution in [0, 0.1) is 11.3 Å². The first-order chi connectivity index (χ1) is 10.4. The Labute approximate surface area is 126 Å². The maximum Gasteiger partial charge on any atom is 0.174 e. The molecule has 0 aliphatic heterocycles. The minimum Gasteiger partial charge on any atom is -0.478 e. The van der Waals surface area contributed by atoms with Crippen LogP contribution in [0.3, 0.4) is 0 Å². The highest BCUT2D eigenvalue weighted by Gasteiger charge is 2.04. The van der Waals surface area contributed by atoms with Gasteiger partial charge in [-0.15, -0.1) is 11.3 Å². The van der Waals surface area contributed by atoms with Crippen molar-refractivity contribution in [2.24, 2.45) is 0 Å². The van der Waals surface area contributed by atoms with Gasteiger partial charge in [0, 0.05) is 17.8 Å². The molecule has 0 amide bonds. The van der Waals surface area contributed by atoms with Gasteiger partial charge in [0.2, 0.25) is 0 Å². The summed E-state index contributed by atoms with van der Waals surface area (Å²) in [7, 11) is 0. The van der Waals surface area contributed by atoms with Gasteiger partial charge in [-0.05, 0) is 24.3 Å². The number of para-hydroxylation sites is 1. The number of fused-ring (bicyclic) bond motifs is 1. The van der Waals surface area contributed by atoms with Crippen LogP contribution in [0.4, 0.5) is 5.69 Å². The molecule has 21 heavy (non-hydrogen) atoms. The van der Waals surface area contributed by atoms with E-state index in [1.165, 1.54) is 0 Å². The topological polar surface area (TPSA) is 57.9 Å². The third-order valence-corrected chi connectivity index (χ3v) is 3.87. The van der Waals surface area contributed by atoms with Crippen LogP contribution in [0.15, 0.2) is 48.0 Å². The molecule has 1 heterocycles. The summed E-state index contributed by atoms with van der Waals surface area (Å²) in [4.78, 5) is 4.27. The third-order valence-electron chi connectivity index (χ3n) is 3.08. The van der Waals surface area contributed by atoms with E-state index in [1.807, 2.05) is 48.0 Å². The van der Waals surface area contributed by atoms with Crippen molar-refractivity contribution >= 4 is 27.2 Å². The minimum atomic E-state index is 0.0594. The molecule has 4 nitrogen and oxygen atoms in total. The minimum absolute atomic E-state index is 0.0594. The fraction of sp³-hybridized carbons (Fsp3) is 0.125. The van der Waals surface area contributed by atoms with Crippen molar-refractivity contribution in [3.05, 3.63) is 53.5 Å². The zero-order chi connectivity index (χ0) is 14.5. The number of benzene rings is 2. The molecule has 0 unspecified atom stereocenters. The van der Waals surface area contributed by atoms with E-state index in [-0.39, 0.29) is 6.61 Å². The molecule has 0 spiro atoms. The molecule has 3 rings (SSSR count). The van der Waals surface area contributed by atoms with Crippen LogP contribution < -0.4 is 10.1 Å². The van der Waals surface area contributed by atoms with Gasteiger partial charge in [-0.1, -0.05) is 18.2 Å². The van der Waals surface area contributed by atoms with Gasteiger partial charge in [-0.2, -0.15) is 5.26 Å². The van der Waals surface area contributed by atoms with E-state index in [0.29, 0.717) is 6.54 Å². The molecule has 3 aromatic rings.